The van der Waals surface area contributed by atoms with Gasteiger partial charge in [0, 0.05) is 32.1 Å². The van der Waals surface area contributed by atoms with Crippen molar-refractivity contribution < 1.29 is 4.52 Å². The Labute approximate surface area is 114 Å². The van der Waals surface area contributed by atoms with Crippen molar-refractivity contribution in [1.82, 2.24) is 20.4 Å². The lowest BCUT2D eigenvalue weighted by Gasteiger charge is -2.25. The van der Waals surface area contributed by atoms with Crippen LogP contribution in [0.5, 0.6) is 0 Å². The minimum Gasteiger partial charge on any atom is -0.338 e. The van der Waals surface area contributed by atoms with Gasteiger partial charge in [-0.1, -0.05) is 19.0 Å². The van der Waals surface area contributed by atoms with E-state index in [2.05, 4.69) is 34.2 Å². The molecule has 0 saturated carbocycles. The summed E-state index contributed by atoms with van der Waals surface area (Å²) < 4.78 is 5.21. The van der Waals surface area contributed by atoms with E-state index < -0.39 is 0 Å². The lowest BCUT2D eigenvalue weighted by atomic mass is 10.2. The summed E-state index contributed by atoms with van der Waals surface area (Å²) >= 11 is 0. The second-order valence-electron chi connectivity index (χ2n) is 4.23. The van der Waals surface area contributed by atoms with Crippen LogP contribution in [0.25, 0.3) is 0 Å². The summed E-state index contributed by atoms with van der Waals surface area (Å²) in [6.07, 6.45) is 0. The molecule has 5 nitrogen and oxygen atoms in total. The zero-order valence-electron chi connectivity index (χ0n) is 10.2. The van der Waals surface area contributed by atoms with Crippen LogP contribution in [0, 0.1) is 0 Å². The summed E-state index contributed by atoms with van der Waals surface area (Å²) in [6, 6.07) is 0. The first-order valence-corrected chi connectivity index (χ1v) is 5.51. The van der Waals surface area contributed by atoms with Crippen LogP contribution in [-0.4, -0.2) is 41.2 Å². The summed E-state index contributed by atoms with van der Waals surface area (Å²) in [6.45, 7) is 9.12. The molecule has 0 aromatic carbocycles. The molecule has 1 aliphatic heterocycles. The van der Waals surface area contributed by atoms with Crippen LogP contribution in [0.2, 0.25) is 0 Å². The third-order valence-corrected chi connectivity index (χ3v) is 2.57. The molecule has 1 aromatic rings. The standard InChI is InChI=1S/C10H18N4O.2ClH/c1-8(2)10-12-9(15-13-10)7-14-5-3-11-4-6-14;;/h8,11H,3-7H2,1-2H3;2*1H. The van der Waals surface area contributed by atoms with Crippen LogP contribution in [0.4, 0.5) is 0 Å². The first-order valence-electron chi connectivity index (χ1n) is 5.51. The maximum atomic E-state index is 5.21. The number of piperazine rings is 1. The lowest BCUT2D eigenvalue weighted by Crippen LogP contribution is -2.42. The van der Waals surface area contributed by atoms with Crippen molar-refractivity contribution in [1.29, 1.82) is 0 Å². The smallest absolute Gasteiger partial charge is 0.240 e. The number of halogens is 2. The Bertz CT molecular complexity index is 313. The summed E-state index contributed by atoms with van der Waals surface area (Å²) in [7, 11) is 0. The molecule has 1 fully saturated rings. The third-order valence-electron chi connectivity index (χ3n) is 2.57. The number of aromatic nitrogens is 2. The van der Waals surface area contributed by atoms with Crippen molar-refractivity contribution in [2.45, 2.75) is 26.3 Å². The molecule has 7 heteroatoms. The van der Waals surface area contributed by atoms with E-state index in [4.69, 9.17) is 4.52 Å². The van der Waals surface area contributed by atoms with E-state index in [-0.39, 0.29) is 24.8 Å². The highest BCUT2D eigenvalue weighted by Crippen LogP contribution is 2.11. The highest BCUT2D eigenvalue weighted by atomic mass is 35.5. The number of nitrogens with one attached hydrogen (secondary N) is 1. The van der Waals surface area contributed by atoms with Gasteiger partial charge in [0.1, 0.15) is 0 Å². The molecule has 100 valence electrons. The predicted octanol–water partition coefficient (Wildman–Crippen LogP) is 1.44. The average molecular weight is 283 g/mol. The van der Waals surface area contributed by atoms with Crippen molar-refractivity contribution in [2.24, 2.45) is 0 Å². The van der Waals surface area contributed by atoms with Crippen molar-refractivity contribution in [2.75, 3.05) is 26.2 Å². The van der Waals surface area contributed by atoms with Gasteiger partial charge >= 0.3 is 0 Å². The molecular weight excluding hydrogens is 263 g/mol. The molecule has 0 atom stereocenters. The Hall–Kier alpha value is -0.360. The molecule has 1 saturated heterocycles. The molecule has 0 spiro atoms. The van der Waals surface area contributed by atoms with Crippen LogP contribution in [0.1, 0.15) is 31.5 Å². The van der Waals surface area contributed by atoms with Crippen LogP contribution < -0.4 is 5.32 Å². The largest absolute Gasteiger partial charge is 0.338 e. The first kappa shape index (κ1) is 16.6. The quantitative estimate of drug-likeness (QED) is 0.909. The number of nitrogens with zero attached hydrogens (tertiary/aromatic N) is 3. The van der Waals surface area contributed by atoms with E-state index in [9.17, 15) is 0 Å². The van der Waals surface area contributed by atoms with Crippen molar-refractivity contribution in [3.8, 4) is 0 Å². The molecule has 2 rings (SSSR count). The number of hydrogen-bond acceptors (Lipinski definition) is 5. The van der Waals surface area contributed by atoms with Gasteiger partial charge in [-0.05, 0) is 0 Å². The Balaban J connectivity index is 0.00000128. The van der Waals surface area contributed by atoms with Gasteiger partial charge in [-0.2, -0.15) is 4.98 Å². The minimum atomic E-state index is 0. The van der Waals surface area contributed by atoms with Crippen LogP contribution in [-0.2, 0) is 6.54 Å². The Morgan fingerprint density at radius 2 is 1.94 bits per heavy atom. The molecule has 0 bridgehead atoms. The van der Waals surface area contributed by atoms with Gasteiger partial charge < -0.3 is 9.84 Å². The van der Waals surface area contributed by atoms with E-state index >= 15 is 0 Å². The Kier molecular flexibility index (Phi) is 7.70. The van der Waals surface area contributed by atoms with Gasteiger partial charge in [0.05, 0.1) is 6.54 Å². The van der Waals surface area contributed by atoms with Crippen molar-refractivity contribution in [3.63, 3.8) is 0 Å². The molecule has 2 heterocycles. The lowest BCUT2D eigenvalue weighted by molar-refractivity contribution is 0.203. The van der Waals surface area contributed by atoms with Crippen molar-refractivity contribution >= 4 is 24.8 Å². The van der Waals surface area contributed by atoms with Crippen LogP contribution in [0.15, 0.2) is 4.52 Å². The molecule has 0 radical (unpaired) electrons. The van der Waals surface area contributed by atoms with Gasteiger partial charge in [-0.3, -0.25) is 4.90 Å². The normalized spacial score (nSPS) is 16.4. The van der Waals surface area contributed by atoms with E-state index in [0.29, 0.717) is 5.92 Å². The average Bonchev–Trinajstić information content (AvgIpc) is 2.68. The van der Waals surface area contributed by atoms with E-state index in [1.165, 1.54) is 0 Å². The molecule has 0 amide bonds. The fourth-order valence-corrected chi connectivity index (χ4v) is 1.63. The second kappa shape index (κ2) is 7.87. The first-order chi connectivity index (χ1) is 7.25. The van der Waals surface area contributed by atoms with Gasteiger partial charge in [-0.15, -0.1) is 24.8 Å². The zero-order valence-corrected chi connectivity index (χ0v) is 11.8. The highest BCUT2D eigenvalue weighted by molar-refractivity contribution is 5.85. The third kappa shape index (κ3) is 4.79. The summed E-state index contributed by atoms with van der Waals surface area (Å²) in [4.78, 5) is 6.69. The molecule has 1 aromatic heterocycles. The second-order valence-corrected chi connectivity index (χ2v) is 4.23. The van der Waals surface area contributed by atoms with E-state index in [0.717, 1.165) is 44.4 Å². The molecule has 0 unspecified atom stereocenters. The molecular formula is C10H20Cl2N4O. The number of rotatable bonds is 3. The van der Waals surface area contributed by atoms with Crippen LogP contribution >= 0.6 is 24.8 Å². The Morgan fingerprint density at radius 1 is 1.29 bits per heavy atom. The molecule has 1 N–H and O–H groups in total. The monoisotopic (exact) mass is 282 g/mol. The topological polar surface area (TPSA) is 54.2 Å². The molecule has 0 aliphatic carbocycles. The maximum absolute atomic E-state index is 5.21. The number of hydrogen-bond donors (Lipinski definition) is 1. The fraction of sp³-hybridized carbons (Fsp3) is 0.800. The van der Waals surface area contributed by atoms with Gasteiger partial charge in [-0.25, -0.2) is 0 Å². The summed E-state index contributed by atoms with van der Waals surface area (Å²) in [5.41, 5.74) is 0. The SMILES string of the molecule is CC(C)c1noc(CN2CCNCC2)n1.Cl.Cl. The van der Waals surface area contributed by atoms with Gasteiger partial charge in [0.25, 0.3) is 0 Å². The van der Waals surface area contributed by atoms with Gasteiger partial charge in [0.15, 0.2) is 5.82 Å². The van der Waals surface area contributed by atoms with E-state index in [1.54, 1.807) is 0 Å². The summed E-state index contributed by atoms with van der Waals surface area (Å²) in [5, 5.41) is 7.27. The van der Waals surface area contributed by atoms with Crippen molar-refractivity contribution in [3.05, 3.63) is 11.7 Å². The maximum Gasteiger partial charge on any atom is 0.240 e. The minimum absolute atomic E-state index is 0. The zero-order chi connectivity index (χ0) is 10.7. The van der Waals surface area contributed by atoms with Crippen LogP contribution in [0.3, 0.4) is 0 Å². The van der Waals surface area contributed by atoms with E-state index in [1.807, 2.05) is 0 Å². The molecule has 1 aliphatic rings. The highest BCUT2D eigenvalue weighted by Gasteiger charge is 2.15. The van der Waals surface area contributed by atoms with Gasteiger partial charge in [0.2, 0.25) is 5.89 Å². The Morgan fingerprint density at radius 3 is 2.47 bits per heavy atom. The molecule has 17 heavy (non-hydrogen) atoms. The summed E-state index contributed by atoms with van der Waals surface area (Å²) in [5.74, 6) is 1.88. The predicted molar refractivity (Wildman–Crippen MR) is 71.0 cm³/mol. The fourth-order valence-electron chi connectivity index (χ4n) is 1.63.